The Bertz CT molecular complexity index is 585. The van der Waals surface area contributed by atoms with Gasteiger partial charge in [0, 0.05) is 12.2 Å². The predicted molar refractivity (Wildman–Crippen MR) is 69.2 cm³/mol. The third kappa shape index (κ3) is 3.36. The number of ether oxygens (including phenoxy) is 1. The van der Waals surface area contributed by atoms with E-state index in [9.17, 15) is 13.2 Å². The van der Waals surface area contributed by atoms with Crippen LogP contribution in [-0.2, 0) is 14.8 Å². The zero-order valence-electron chi connectivity index (χ0n) is 11.0. The number of nitrogens with two attached hydrogens (primary N) is 1. The quantitative estimate of drug-likeness (QED) is 0.825. The van der Waals surface area contributed by atoms with Crippen LogP contribution in [0.5, 0.6) is 0 Å². The van der Waals surface area contributed by atoms with E-state index in [1.807, 2.05) is 13.8 Å². The Morgan fingerprint density at radius 2 is 2.16 bits per heavy atom. The summed E-state index contributed by atoms with van der Waals surface area (Å²) in [6.07, 6.45) is 3.54. The summed E-state index contributed by atoms with van der Waals surface area (Å²) in [6, 6.07) is 1.21. The maximum absolute atomic E-state index is 12.0. The Labute approximate surface area is 112 Å². The van der Waals surface area contributed by atoms with Gasteiger partial charge >= 0.3 is 5.97 Å². The minimum absolute atomic E-state index is 0.0565. The van der Waals surface area contributed by atoms with Gasteiger partial charge in [-0.2, -0.15) is 0 Å². The highest BCUT2D eigenvalue weighted by Gasteiger charge is 2.26. The monoisotopic (exact) mass is 286 g/mol. The Balaban J connectivity index is 2.26. The maximum atomic E-state index is 12.0. The molecule has 6 nitrogen and oxygen atoms in total. The fourth-order valence-corrected chi connectivity index (χ4v) is 2.29. The average molecular weight is 286 g/mol. The van der Waals surface area contributed by atoms with E-state index in [-0.39, 0.29) is 16.6 Å². The van der Waals surface area contributed by atoms with E-state index in [0.717, 1.165) is 12.8 Å². The highest BCUT2D eigenvalue weighted by molar-refractivity contribution is 7.89. The standard InChI is InChI=1S/C12H18N2O4S/c1-8(2)14-6-10(19(13,16)17)5-11(14)12(15)18-7-9-3-4-9/h5-6,8-9H,3-4,7H2,1-2H3,(H2,13,16,17). The van der Waals surface area contributed by atoms with Gasteiger partial charge < -0.3 is 9.30 Å². The van der Waals surface area contributed by atoms with Crippen molar-refractivity contribution in [2.24, 2.45) is 11.1 Å². The van der Waals surface area contributed by atoms with Crippen molar-refractivity contribution in [2.45, 2.75) is 37.6 Å². The summed E-state index contributed by atoms with van der Waals surface area (Å²) in [5, 5.41) is 5.08. The number of aromatic nitrogens is 1. The molecule has 0 aromatic carbocycles. The lowest BCUT2D eigenvalue weighted by molar-refractivity contribution is 0.0472. The normalized spacial score (nSPS) is 15.8. The molecule has 19 heavy (non-hydrogen) atoms. The van der Waals surface area contributed by atoms with Crippen molar-refractivity contribution in [1.82, 2.24) is 4.57 Å². The molecule has 106 valence electrons. The summed E-state index contributed by atoms with van der Waals surface area (Å²) in [4.78, 5) is 11.9. The first-order chi connectivity index (χ1) is 8.79. The highest BCUT2D eigenvalue weighted by atomic mass is 32.2. The molecule has 0 aliphatic heterocycles. The lowest BCUT2D eigenvalue weighted by Gasteiger charge is -2.11. The number of hydrogen-bond acceptors (Lipinski definition) is 4. The van der Waals surface area contributed by atoms with Crippen molar-refractivity contribution in [3.05, 3.63) is 18.0 Å². The van der Waals surface area contributed by atoms with Crippen molar-refractivity contribution in [3.63, 3.8) is 0 Å². The first kappa shape index (κ1) is 14.1. The number of nitrogens with zero attached hydrogens (tertiary/aromatic N) is 1. The van der Waals surface area contributed by atoms with E-state index >= 15 is 0 Å². The van der Waals surface area contributed by atoms with Crippen LogP contribution >= 0.6 is 0 Å². The van der Waals surface area contributed by atoms with Gasteiger partial charge in [-0.15, -0.1) is 0 Å². The van der Waals surface area contributed by atoms with E-state index < -0.39 is 16.0 Å². The van der Waals surface area contributed by atoms with E-state index in [1.165, 1.54) is 12.3 Å². The average Bonchev–Trinajstić information content (AvgIpc) is 2.99. The molecular weight excluding hydrogens is 268 g/mol. The molecule has 1 saturated carbocycles. The van der Waals surface area contributed by atoms with Gasteiger partial charge in [-0.3, -0.25) is 0 Å². The van der Waals surface area contributed by atoms with E-state index in [2.05, 4.69) is 0 Å². The minimum atomic E-state index is -3.82. The topological polar surface area (TPSA) is 91.4 Å². The molecule has 1 aromatic rings. The molecule has 0 spiro atoms. The summed E-state index contributed by atoms with van der Waals surface area (Å²) in [6.45, 7) is 4.10. The van der Waals surface area contributed by atoms with Crippen LogP contribution in [0.3, 0.4) is 0 Å². The molecule has 0 radical (unpaired) electrons. The van der Waals surface area contributed by atoms with Crippen LogP contribution in [0.2, 0.25) is 0 Å². The van der Waals surface area contributed by atoms with Gasteiger partial charge in [0.05, 0.1) is 6.61 Å². The molecule has 0 saturated heterocycles. The van der Waals surface area contributed by atoms with Gasteiger partial charge in [-0.25, -0.2) is 18.4 Å². The van der Waals surface area contributed by atoms with E-state index in [0.29, 0.717) is 12.5 Å². The summed E-state index contributed by atoms with van der Waals surface area (Å²) in [7, 11) is -3.82. The van der Waals surface area contributed by atoms with Gasteiger partial charge in [-0.05, 0) is 38.7 Å². The second kappa shape index (κ2) is 4.97. The summed E-state index contributed by atoms with van der Waals surface area (Å²) in [5.74, 6) is -0.0420. The van der Waals surface area contributed by atoms with E-state index in [1.54, 1.807) is 4.57 Å². The van der Waals surface area contributed by atoms with Gasteiger partial charge in [-0.1, -0.05) is 0 Å². The van der Waals surface area contributed by atoms with Crippen LogP contribution in [-0.4, -0.2) is 25.6 Å². The molecule has 1 heterocycles. The SMILES string of the molecule is CC(C)n1cc(S(N)(=O)=O)cc1C(=O)OCC1CC1. The second-order valence-electron chi connectivity index (χ2n) is 5.15. The summed E-state index contributed by atoms with van der Waals surface area (Å²) >= 11 is 0. The Hall–Kier alpha value is -1.34. The lowest BCUT2D eigenvalue weighted by atomic mass is 10.3. The molecule has 1 aromatic heterocycles. The molecule has 0 unspecified atom stereocenters. The molecule has 1 fully saturated rings. The molecular formula is C12H18N2O4S. The Morgan fingerprint density at radius 3 is 2.63 bits per heavy atom. The predicted octanol–water partition coefficient (Wildman–Crippen LogP) is 1.28. The van der Waals surface area contributed by atoms with Crippen LogP contribution < -0.4 is 5.14 Å². The number of hydrogen-bond donors (Lipinski definition) is 1. The van der Waals surface area contributed by atoms with Crippen LogP contribution in [0, 0.1) is 5.92 Å². The minimum Gasteiger partial charge on any atom is -0.461 e. The van der Waals surface area contributed by atoms with Crippen molar-refractivity contribution in [3.8, 4) is 0 Å². The van der Waals surface area contributed by atoms with E-state index in [4.69, 9.17) is 9.88 Å². The van der Waals surface area contributed by atoms with Crippen LogP contribution in [0.15, 0.2) is 17.2 Å². The van der Waals surface area contributed by atoms with Crippen molar-refractivity contribution in [2.75, 3.05) is 6.61 Å². The van der Waals surface area contributed by atoms with Crippen molar-refractivity contribution < 1.29 is 17.9 Å². The lowest BCUT2D eigenvalue weighted by Crippen LogP contribution is -2.14. The number of sulfonamides is 1. The third-order valence-corrected chi connectivity index (χ3v) is 3.94. The van der Waals surface area contributed by atoms with Crippen molar-refractivity contribution >= 4 is 16.0 Å². The molecule has 0 bridgehead atoms. The third-order valence-electron chi connectivity index (χ3n) is 3.06. The second-order valence-corrected chi connectivity index (χ2v) is 6.71. The zero-order chi connectivity index (χ0) is 14.2. The zero-order valence-corrected chi connectivity index (χ0v) is 11.8. The Kier molecular flexibility index (Phi) is 3.69. The molecule has 0 amide bonds. The molecule has 7 heteroatoms. The van der Waals surface area contributed by atoms with Gasteiger partial charge in [0.1, 0.15) is 10.6 Å². The van der Waals surface area contributed by atoms with Crippen LogP contribution in [0.4, 0.5) is 0 Å². The summed E-state index contributed by atoms with van der Waals surface area (Å²) < 4.78 is 29.4. The number of carbonyl (C=O) groups is 1. The largest absolute Gasteiger partial charge is 0.461 e. The van der Waals surface area contributed by atoms with Crippen LogP contribution in [0.1, 0.15) is 43.2 Å². The first-order valence-electron chi connectivity index (χ1n) is 6.21. The fourth-order valence-electron chi connectivity index (χ4n) is 1.75. The van der Waals surface area contributed by atoms with Crippen molar-refractivity contribution in [1.29, 1.82) is 0 Å². The molecule has 2 N–H and O–H groups in total. The molecule has 1 aliphatic rings. The molecule has 0 atom stereocenters. The number of rotatable bonds is 5. The first-order valence-corrected chi connectivity index (χ1v) is 7.75. The number of carbonyl (C=O) groups excluding carboxylic acids is 1. The highest BCUT2D eigenvalue weighted by Crippen LogP contribution is 2.29. The van der Waals surface area contributed by atoms with Gasteiger partial charge in [0.25, 0.3) is 0 Å². The Morgan fingerprint density at radius 1 is 1.53 bits per heavy atom. The van der Waals surface area contributed by atoms with Gasteiger partial charge in [0.15, 0.2) is 0 Å². The number of primary sulfonamides is 1. The molecule has 2 rings (SSSR count). The molecule has 1 aliphatic carbocycles. The summed E-state index contributed by atoms with van der Waals surface area (Å²) in [5.41, 5.74) is 0.222. The maximum Gasteiger partial charge on any atom is 0.355 e. The fraction of sp³-hybridized carbons (Fsp3) is 0.583. The smallest absolute Gasteiger partial charge is 0.355 e. The van der Waals surface area contributed by atoms with Crippen LogP contribution in [0.25, 0.3) is 0 Å². The van der Waals surface area contributed by atoms with Gasteiger partial charge in [0.2, 0.25) is 10.0 Å². The number of esters is 1.